The number of hydrogen-bond acceptors (Lipinski definition) is 6. The van der Waals surface area contributed by atoms with Gasteiger partial charge in [-0.1, -0.05) is 0 Å². The molecule has 15 heavy (non-hydrogen) atoms. The summed E-state index contributed by atoms with van der Waals surface area (Å²) in [6.07, 6.45) is -8.39. The molecule has 0 aromatic carbocycles. The summed E-state index contributed by atoms with van der Waals surface area (Å²) < 4.78 is 0. The summed E-state index contributed by atoms with van der Waals surface area (Å²) in [5.41, 5.74) is 0. The van der Waals surface area contributed by atoms with E-state index < -0.39 is 30.4 Å². The van der Waals surface area contributed by atoms with Gasteiger partial charge < -0.3 is 30.3 Å². The molecule has 0 rings (SSSR count). The van der Waals surface area contributed by atoms with Gasteiger partial charge in [-0.2, -0.15) is 0 Å². The van der Waals surface area contributed by atoms with Crippen LogP contribution in [-0.2, 0) is 31.3 Å². The van der Waals surface area contributed by atoms with E-state index in [1.54, 1.807) is 0 Å². The van der Waals surface area contributed by atoms with Crippen molar-refractivity contribution in [1.82, 2.24) is 0 Å². The van der Waals surface area contributed by atoms with Crippen LogP contribution in [0.5, 0.6) is 0 Å². The molecule has 9 heteroatoms. The molecule has 0 unspecified atom stereocenters. The topological polar surface area (TPSA) is 135 Å². The molecule has 0 amide bonds. The largest absolute Gasteiger partial charge is 0 e. The first-order valence-corrected chi connectivity index (χ1v) is 3.32. The van der Waals surface area contributed by atoms with Crippen LogP contribution in [0.4, 0.5) is 0 Å². The molecule has 0 saturated carbocycles. The zero-order valence-electron chi connectivity index (χ0n) is 6.94. The second kappa shape index (κ2) is 10.5. The molecule has 0 fully saturated rings. The van der Waals surface area contributed by atoms with Crippen LogP contribution in [0.25, 0.3) is 0 Å². The van der Waals surface area contributed by atoms with Crippen molar-refractivity contribution in [2.24, 2.45) is 0 Å². The van der Waals surface area contributed by atoms with Crippen LogP contribution in [0.15, 0.2) is 0 Å². The van der Waals surface area contributed by atoms with E-state index in [4.69, 9.17) is 25.5 Å². The molecule has 0 heterocycles. The molecule has 82 valence electrons. The van der Waals surface area contributed by atoms with Crippen LogP contribution in [0.2, 0.25) is 0 Å². The number of aliphatic hydroxyl groups excluding tert-OH is 4. The van der Waals surface area contributed by atoms with Crippen molar-refractivity contribution in [3.8, 4) is 0 Å². The number of carboxylic acid groups (broad SMARTS) is 1. The van der Waals surface area contributed by atoms with Gasteiger partial charge in [-0.25, -0.2) is 4.79 Å². The average molecular weight is 282 g/mol. The van der Waals surface area contributed by atoms with Crippen molar-refractivity contribution < 1.29 is 56.8 Å². The predicted octanol–water partition coefficient (Wildman–Crippen LogP) is -3.94. The van der Waals surface area contributed by atoms with Gasteiger partial charge in [-0.3, -0.25) is 0 Å². The van der Waals surface area contributed by atoms with E-state index >= 15 is 0 Å². The van der Waals surface area contributed by atoms with E-state index in [2.05, 4.69) is 0 Å². The van der Waals surface area contributed by atoms with Gasteiger partial charge in [0.2, 0.25) is 0 Å². The second-order valence-electron chi connectivity index (χ2n) is 2.39. The molecule has 0 aliphatic heterocycles. The monoisotopic (exact) mass is 282 g/mol. The maximum Gasteiger partial charge on any atom is 0 e. The first-order chi connectivity index (χ1) is 5.91. The van der Waals surface area contributed by atoms with Gasteiger partial charge in [0.15, 0.2) is 12.4 Å². The Balaban J connectivity index is -0.000000720. The molecule has 0 aromatic rings. The molecule has 4 atom stereocenters. The molecule has 0 aliphatic carbocycles. The van der Waals surface area contributed by atoms with E-state index in [1.807, 2.05) is 0 Å². The Morgan fingerprint density at radius 2 is 1.47 bits per heavy atom. The van der Waals surface area contributed by atoms with Crippen LogP contribution >= 0.6 is 0 Å². The molecule has 0 aromatic heterocycles. The van der Waals surface area contributed by atoms with Crippen molar-refractivity contribution in [3.63, 3.8) is 0 Å². The summed E-state index contributed by atoms with van der Waals surface area (Å²) in [5.74, 6) is -1.76. The Kier molecular flexibility index (Phi) is 15.1. The number of carboxylic acids is 1. The minimum Gasteiger partial charge on any atom is 0 e. The summed E-state index contributed by atoms with van der Waals surface area (Å²) in [7, 11) is 0. The minimum absolute atomic E-state index is 0. The minimum atomic E-state index is -2.25. The number of rotatable bonds is 5. The average Bonchev–Trinajstić information content (AvgIpc) is 2.12. The van der Waals surface area contributed by atoms with E-state index in [-0.39, 0.29) is 79.4 Å². The van der Waals surface area contributed by atoms with Gasteiger partial charge in [0, 0.05) is 21.7 Å². The third-order valence-corrected chi connectivity index (χ3v) is 1.42. The summed E-state index contributed by atoms with van der Waals surface area (Å²) in [4.78, 5) is 20.0. The summed E-state index contributed by atoms with van der Waals surface area (Å²) in [5, 5.41) is 43.2. The molecule has 5 N–H and O–H groups in total. The Morgan fingerprint density at radius 3 is 1.73 bits per heavy atom. The number of carbonyl (C=O) groups is 2. The maximum absolute atomic E-state index is 10.1. The smallest absolute Gasteiger partial charge is 0 e. The summed E-state index contributed by atoms with van der Waals surface area (Å²) in [6, 6.07) is 0. The molecule has 0 saturated heterocycles. The van der Waals surface area contributed by atoms with Gasteiger partial charge in [0.05, 0.1) is 0 Å². The Bertz CT molecular complexity index is 202. The first kappa shape index (κ1) is 21.6. The van der Waals surface area contributed by atoms with Gasteiger partial charge in [-0.05, 0) is 0 Å². The van der Waals surface area contributed by atoms with Gasteiger partial charge in [0.25, 0.3) is 0 Å². The molecule has 0 bridgehead atoms. The fourth-order valence-corrected chi connectivity index (χ4v) is 0.615. The van der Waals surface area contributed by atoms with Crippen LogP contribution in [0.1, 0.15) is 0 Å². The third-order valence-electron chi connectivity index (χ3n) is 1.42. The molecule has 0 aliphatic rings. The van der Waals surface area contributed by atoms with Crippen LogP contribution in [0.3, 0.4) is 0 Å². The normalized spacial score (nSPS) is 17.3. The quantitative estimate of drug-likeness (QED) is 0.256. The van der Waals surface area contributed by atoms with E-state index in [1.165, 1.54) is 0 Å². The van der Waals surface area contributed by atoms with Crippen molar-refractivity contribution >= 4 is 63.6 Å². The molecular formula is C6H11KO7Ti. The van der Waals surface area contributed by atoms with Gasteiger partial charge in [-0.15, -0.1) is 0 Å². The van der Waals surface area contributed by atoms with E-state index in [0.717, 1.165) is 0 Å². The molecule has 7 nitrogen and oxygen atoms in total. The second-order valence-corrected chi connectivity index (χ2v) is 2.39. The van der Waals surface area contributed by atoms with E-state index in [0.29, 0.717) is 0 Å². The number of aldehydes is 1. The third kappa shape index (κ3) is 7.29. The predicted molar refractivity (Wildman–Crippen MR) is 44.9 cm³/mol. The summed E-state index contributed by atoms with van der Waals surface area (Å²) in [6.45, 7) is 0. The van der Waals surface area contributed by atoms with Crippen molar-refractivity contribution in [3.05, 3.63) is 0 Å². The Morgan fingerprint density at radius 1 is 1.07 bits per heavy atom. The zero-order valence-corrected chi connectivity index (χ0v) is 8.50. The first-order valence-electron chi connectivity index (χ1n) is 3.32. The van der Waals surface area contributed by atoms with Gasteiger partial charge >= 0.3 is 57.4 Å². The van der Waals surface area contributed by atoms with Crippen molar-refractivity contribution in [1.29, 1.82) is 0 Å². The molecular weight excluding hydrogens is 271 g/mol. The number of carbonyl (C=O) groups excluding carboxylic acids is 1. The van der Waals surface area contributed by atoms with Crippen LogP contribution in [0, 0.1) is 0 Å². The van der Waals surface area contributed by atoms with Crippen molar-refractivity contribution in [2.75, 3.05) is 0 Å². The number of aliphatic hydroxyl groups is 4. The Hall–Kier alpha value is 1.33. The molecule has 0 radical (unpaired) electrons. The fourth-order valence-electron chi connectivity index (χ4n) is 0.615. The summed E-state index contributed by atoms with van der Waals surface area (Å²) >= 11 is 0. The SMILES string of the molecule is O=C[C@H](O)[C@@H](O)[C@H](O)[C@H](O)C(=O)O.[KH].[Ti]. The maximum atomic E-state index is 10.1. The zero-order chi connectivity index (χ0) is 10.6. The van der Waals surface area contributed by atoms with Gasteiger partial charge in [0.1, 0.15) is 18.3 Å². The van der Waals surface area contributed by atoms with Crippen molar-refractivity contribution in [2.45, 2.75) is 24.4 Å². The Labute approximate surface area is 143 Å². The number of aliphatic carboxylic acids is 1. The molecule has 0 spiro atoms. The number of hydrogen-bond donors (Lipinski definition) is 5. The van der Waals surface area contributed by atoms with Crippen LogP contribution < -0.4 is 0 Å². The van der Waals surface area contributed by atoms with Crippen LogP contribution in [-0.4, -0.2) is 114 Å². The van der Waals surface area contributed by atoms with E-state index in [9.17, 15) is 9.59 Å². The fraction of sp³-hybridized carbons (Fsp3) is 0.667. The standard InChI is InChI=1S/C6H10O7.K.Ti.H/c7-1-2(8)3(9)4(10)5(11)6(12)13;;;/h1-5,8-11H,(H,12,13);;;/t2-,3+,4-,5-;;;/m0.../s1.